The van der Waals surface area contributed by atoms with Crippen LogP contribution in [0.4, 0.5) is 5.69 Å². The van der Waals surface area contributed by atoms with Crippen LogP contribution in [0.5, 0.6) is 11.5 Å². The Hall–Kier alpha value is -3.03. The lowest BCUT2D eigenvalue weighted by atomic mass is 10.0. The van der Waals surface area contributed by atoms with Crippen molar-refractivity contribution in [2.24, 2.45) is 10.9 Å². The number of ether oxygens (including phenoxy) is 2. The van der Waals surface area contributed by atoms with Crippen molar-refractivity contribution in [3.05, 3.63) is 36.4 Å². The van der Waals surface area contributed by atoms with E-state index in [4.69, 9.17) is 9.47 Å². The first-order valence-corrected chi connectivity index (χ1v) is 10.0. The molecule has 1 saturated heterocycles. The number of benzene rings is 1. The summed E-state index contributed by atoms with van der Waals surface area (Å²) < 4.78 is 13.8. The number of aromatic nitrogens is 2. The molecular weight excluding hydrogens is 370 g/mol. The number of rotatable bonds is 8. The Morgan fingerprint density at radius 3 is 2.90 bits per heavy atom. The molecule has 0 radical (unpaired) electrons. The van der Waals surface area contributed by atoms with Gasteiger partial charge in [-0.2, -0.15) is 0 Å². The van der Waals surface area contributed by atoms with Gasteiger partial charge in [-0.25, -0.2) is 9.98 Å². The number of carbonyl (C=O) groups excluding carboxylic acids is 1. The molecule has 1 aromatic heterocycles. The quantitative estimate of drug-likeness (QED) is 0.693. The molecule has 0 spiro atoms. The summed E-state index contributed by atoms with van der Waals surface area (Å²) in [6, 6.07) is 3.60. The fourth-order valence-corrected chi connectivity index (χ4v) is 3.93. The van der Waals surface area contributed by atoms with E-state index in [1.54, 1.807) is 13.3 Å². The Bertz CT molecular complexity index is 907. The highest BCUT2D eigenvalue weighted by atomic mass is 16.5. The van der Waals surface area contributed by atoms with Gasteiger partial charge in [-0.3, -0.25) is 10.1 Å². The standard InChI is InChI=1S/C21H27N5O3/c1-14(2)18-20(27)24-21-23-16-6-7-17(19(28-3)15(16)12-26(18)21)29-11-5-4-9-25-10-8-22-13-25/h6-8,10,13-14,18H,4-5,9,11-12H2,1-3H3,(H,23,24,27). The first kappa shape index (κ1) is 19.3. The maximum Gasteiger partial charge on any atom is 0.249 e. The minimum atomic E-state index is -0.223. The van der Waals surface area contributed by atoms with Crippen molar-refractivity contribution in [1.82, 2.24) is 19.8 Å². The van der Waals surface area contributed by atoms with E-state index in [1.807, 2.05) is 43.4 Å². The Balaban J connectivity index is 1.45. The number of hydrogen-bond donors (Lipinski definition) is 1. The van der Waals surface area contributed by atoms with Crippen LogP contribution >= 0.6 is 0 Å². The molecule has 154 valence electrons. The second-order valence-electron chi connectivity index (χ2n) is 7.69. The van der Waals surface area contributed by atoms with Crippen molar-refractivity contribution in [3.8, 4) is 11.5 Å². The first-order chi connectivity index (χ1) is 14.1. The minimum absolute atomic E-state index is 0.000103. The van der Waals surface area contributed by atoms with Crippen LogP contribution in [0.15, 0.2) is 35.8 Å². The number of nitrogens with one attached hydrogen (secondary N) is 1. The maximum atomic E-state index is 12.3. The van der Waals surface area contributed by atoms with Crippen molar-refractivity contribution >= 4 is 17.6 Å². The first-order valence-electron chi connectivity index (χ1n) is 10.0. The van der Waals surface area contributed by atoms with Crippen LogP contribution in [0.25, 0.3) is 0 Å². The smallest absolute Gasteiger partial charge is 0.249 e. The molecule has 1 amide bonds. The monoisotopic (exact) mass is 397 g/mol. The largest absolute Gasteiger partial charge is 0.492 e. The van der Waals surface area contributed by atoms with Crippen molar-refractivity contribution in [3.63, 3.8) is 0 Å². The molecule has 2 aromatic rings. The van der Waals surface area contributed by atoms with Crippen molar-refractivity contribution < 1.29 is 14.3 Å². The number of nitrogens with zero attached hydrogens (tertiary/aromatic N) is 4. The van der Waals surface area contributed by atoms with E-state index in [-0.39, 0.29) is 17.9 Å². The SMILES string of the molecule is COc1c(OCCCCn2ccnc2)ccc2c1CN1C(=N2)NC(=O)C1C(C)C. The summed E-state index contributed by atoms with van der Waals surface area (Å²) in [6.07, 6.45) is 7.51. The minimum Gasteiger partial charge on any atom is -0.492 e. The Morgan fingerprint density at radius 1 is 1.31 bits per heavy atom. The number of guanidine groups is 1. The summed E-state index contributed by atoms with van der Waals surface area (Å²) in [5, 5.41) is 2.90. The topological polar surface area (TPSA) is 81.0 Å². The second kappa shape index (κ2) is 8.14. The average molecular weight is 397 g/mol. The van der Waals surface area contributed by atoms with Gasteiger partial charge in [0.05, 0.1) is 32.3 Å². The van der Waals surface area contributed by atoms with Crippen LogP contribution in [0.3, 0.4) is 0 Å². The van der Waals surface area contributed by atoms with Gasteiger partial charge >= 0.3 is 0 Å². The number of aliphatic imine (C=N–C) groups is 1. The summed E-state index contributed by atoms with van der Waals surface area (Å²) in [6.45, 7) is 6.19. The highest BCUT2D eigenvalue weighted by molar-refractivity contribution is 6.08. The van der Waals surface area contributed by atoms with Gasteiger partial charge in [0.2, 0.25) is 11.9 Å². The molecule has 0 saturated carbocycles. The summed E-state index contributed by atoms with van der Waals surface area (Å²) in [5.41, 5.74) is 1.76. The zero-order valence-corrected chi connectivity index (χ0v) is 17.1. The number of imidazole rings is 1. The lowest BCUT2D eigenvalue weighted by Gasteiger charge is -2.30. The lowest BCUT2D eigenvalue weighted by Crippen LogP contribution is -2.40. The third kappa shape index (κ3) is 3.79. The van der Waals surface area contributed by atoms with Gasteiger partial charge in [-0.15, -0.1) is 0 Å². The van der Waals surface area contributed by atoms with E-state index in [2.05, 4.69) is 19.9 Å². The number of unbranched alkanes of at least 4 members (excludes halogenated alkanes) is 1. The molecule has 2 aliphatic heterocycles. The van der Waals surface area contributed by atoms with Gasteiger partial charge in [0.15, 0.2) is 11.5 Å². The van der Waals surface area contributed by atoms with Crippen molar-refractivity contribution in [2.75, 3.05) is 13.7 Å². The summed E-state index contributed by atoms with van der Waals surface area (Å²) >= 11 is 0. The number of fused-ring (bicyclic) bond motifs is 2. The van der Waals surface area contributed by atoms with E-state index < -0.39 is 0 Å². The van der Waals surface area contributed by atoms with Gasteiger partial charge in [0.25, 0.3) is 0 Å². The van der Waals surface area contributed by atoms with Crippen LogP contribution in [0, 0.1) is 5.92 Å². The van der Waals surface area contributed by atoms with E-state index in [0.29, 0.717) is 30.6 Å². The van der Waals surface area contributed by atoms with Gasteiger partial charge in [0, 0.05) is 24.5 Å². The van der Waals surface area contributed by atoms with Crippen LogP contribution in [-0.2, 0) is 17.9 Å². The fraction of sp³-hybridized carbons (Fsp3) is 0.476. The number of hydrogen-bond acceptors (Lipinski definition) is 6. The molecule has 2 aliphatic rings. The fourth-order valence-electron chi connectivity index (χ4n) is 3.93. The molecule has 1 N–H and O–H groups in total. The summed E-state index contributed by atoms with van der Waals surface area (Å²) in [5.74, 6) is 2.22. The molecule has 1 unspecified atom stereocenters. The van der Waals surface area contributed by atoms with Crippen LogP contribution < -0.4 is 14.8 Å². The zero-order valence-electron chi connectivity index (χ0n) is 17.1. The molecule has 0 aliphatic carbocycles. The molecule has 0 bridgehead atoms. The van der Waals surface area contributed by atoms with Gasteiger partial charge in [-0.05, 0) is 30.9 Å². The predicted molar refractivity (Wildman–Crippen MR) is 109 cm³/mol. The molecule has 29 heavy (non-hydrogen) atoms. The number of amides is 1. The Labute approximate surface area is 170 Å². The molecule has 4 rings (SSSR count). The van der Waals surface area contributed by atoms with E-state index >= 15 is 0 Å². The number of aryl methyl sites for hydroxylation is 1. The molecule has 8 heteroatoms. The van der Waals surface area contributed by atoms with Gasteiger partial charge in [-0.1, -0.05) is 13.8 Å². The second-order valence-corrected chi connectivity index (χ2v) is 7.69. The number of carbonyl (C=O) groups is 1. The van der Waals surface area contributed by atoms with Crippen molar-refractivity contribution in [2.45, 2.75) is 45.8 Å². The summed E-state index contributed by atoms with van der Waals surface area (Å²) in [4.78, 5) is 23.1. The molecule has 1 atom stereocenters. The van der Waals surface area contributed by atoms with E-state index in [0.717, 1.165) is 30.6 Å². The van der Waals surface area contributed by atoms with E-state index in [9.17, 15) is 4.79 Å². The number of methoxy groups -OCH3 is 1. The lowest BCUT2D eigenvalue weighted by molar-refractivity contribution is -0.122. The summed E-state index contributed by atoms with van der Waals surface area (Å²) in [7, 11) is 1.65. The highest BCUT2D eigenvalue weighted by Gasteiger charge is 2.41. The zero-order chi connectivity index (χ0) is 20.4. The normalized spacial score (nSPS) is 17.7. The molecule has 1 aromatic carbocycles. The molecule has 1 fully saturated rings. The maximum absolute atomic E-state index is 12.3. The van der Waals surface area contributed by atoms with Crippen LogP contribution in [0.2, 0.25) is 0 Å². The Kier molecular flexibility index (Phi) is 5.42. The van der Waals surface area contributed by atoms with Crippen LogP contribution in [-0.4, -0.2) is 46.1 Å². The average Bonchev–Trinajstić information content (AvgIpc) is 3.32. The highest BCUT2D eigenvalue weighted by Crippen LogP contribution is 2.42. The predicted octanol–water partition coefficient (Wildman–Crippen LogP) is 2.71. The molecule has 3 heterocycles. The van der Waals surface area contributed by atoms with Crippen LogP contribution in [0.1, 0.15) is 32.3 Å². The Morgan fingerprint density at radius 2 is 2.17 bits per heavy atom. The van der Waals surface area contributed by atoms with Gasteiger partial charge in [0.1, 0.15) is 6.04 Å². The van der Waals surface area contributed by atoms with Gasteiger partial charge < -0.3 is 18.9 Å². The van der Waals surface area contributed by atoms with E-state index in [1.165, 1.54) is 0 Å². The third-order valence-corrected chi connectivity index (χ3v) is 5.33. The molecule has 8 nitrogen and oxygen atoms in total. The molecular formula is C21H27N5O3. The third-order valence-electron chi connectivity index (χ3n) is 5.33. The van der Waals surface area contributed by atoms with Crippen molar-refractivity contribution in [1.29, 1.82) is 0 Å².